The van der Waals surface area contributed by atoms with E-state index in [1.165, 1.54) is 19.3 Å². The first kappa shape index (κ1) is 23.5. The molecule has 0 atom stereocenters. The normalized spacial score (nSPS) is 14.9. The highest BCUT2D eigenvalue weighted by Gasteiger charge is 2.16. The quantitative estimate of drug-likeness (QED) is 0.384. The molecule has 0 amide bonds. The Morgan fingerprint density at radius 1 is 0.971 bits per heavy atom. The minimum atomic E-state index is -3.56. The first-order valence-electron chi connectivity index (χ1n) is 12.0. The zero-order chi connectivity index (χ0) is 24.3. The Morgan fingerprint density at radius 2 is 1.71 bits per heavy atom. The van der Waals surface area contributed by atoms with Gasteiger partial charge in [-0.05, 0) is 57.1 Å². The van der Waals surface area contributed by atoms with Crippen LogP contribution in [-0.2, 0) is 10.0 Å². The van der Waals surface area contributed by atoms with E-state index in [9.17, 15) is 8.42 Å². The number of hydrogen-bond acceptors (Lipinski definition) is 6. The molecule has 0 saturated carbocycles. The average molecular weight is 491 g/mol. The lowest BCUT2D eigenvalue weighted by atomic mass is 10.1. The van der Waals surface area contributed by atoms with E-state index >= 15 is 0 Å². The maximum atomic E-state index is 12.8. The molecule has 1 aliphatic heterocycles. The molecule has 0 unspecified atom stereocenters. The Kier molecular flexibility index (Phi) is 6.81. The van der Waals surface area contributed by atoms with Crippen molar-refractivity contribution in [3.05, 3.63) is 72.4 Å². The lowest BCUT2D eigenvalue weighted by molar-refractivity contribution is 0.233. The van der Waals surface area contributed by atoms with Gasteiger partial charge in [0, 0.05) is 36.0 Å². The van der Waals surface area contributed by atoms with Crippen molar-refractivity contribution in [2.75, 3.05) is 31.5 Å². The van der Waals surface area contributed by atoms with Crippen LogP contribution in [0.3, 0.4) is 0 Å². The maximum absolute atomic E-state index is 12.8. The van der Waals surface area contributed by atoms with Crippen molar-refractivity contribution >= 4 is 27.2 Å². The number of fused-ring (bicyclic) bond motifs is 1. The van der Waals surface area contributed by atoms with Crippen LogP contribution >= 0.6 is 0 Å². The number of sulfonamides is 1. The minimum absolute atomic E-state index is 0.251. The van der Waals surface area contributed by atoms with Crippen molar-refractivity contribution in [2.24, 2.45) is 0 Å². The molecule has 5 rings (SSSR count). The molecule has 1 aliphatic rings. The summed E-state index contributed by atoms with van der Waals surface area (Å²) >= 11 is 0. The third-order valence-corrected chi connectivity index (χ3v) is 7.80. The van der Waals surface area contributed by atoms with E-state index < -0.39 is 10.0 Å². The van der Waals surface area contributed by atoms with Crippen molar-refractivity contribution in [1.29, 1.82) is 0 Å². The van der Waals surface area contributed by atoms with Crippen LogP contribution in [-0.4, -0.2) is 54.1 Å². The van der Waals surface area contributed by atoms with Crippen molar-refractivity contribution < 1.29 is 8.42 Å². The fraction of sp³-hybridized carbons (Fsp3) is 0.308. The topological polar surface area (TPSA) is 91.6 Å². The number of piperidine rings is 1. The Bertz CT molecular complexity index is 1400. The van der Waals surface area contributed by atoms with Gasteiger partial charge in [0.1, 0.15) is 5.82 Å². The Hall–Kier alpha value is -3.27. The molecule has 2 aromatic carbocycles. The van der Waals surface area contributed by atoms with Crippen LogP contribution < -0.4 is 10.0 Å². The van der Waals surface area contributed by atoms with E-state index in [0.717, 1.165) is 53.6 Å². The summed E-state index contributed by atoms with van der Waals surface area (Å²) in [6.45, 7) is 5.23. The molecule has 2 aromatic heterocycles. The molecule has 8 nitrogen and oxygen atoms in total. The van der Waals surface area contributed by atoms with E-state index in [2.05, 4.69) is 20.0 Å². The van der Waals surface area contributed by atoms with Gasteiger partial charge in [-0.1, -0.05) is 36.8 Å². The monoisotopic (exact) mass is 490 g/mol. The van der Waals surface area contributed by atoms with E-state index in [4.69, 9.17) is 4.98 Å². The van der Waals surface area contributed by atoms with E-state index in [-0.39, 0.29) is 4.90 Å². The molecule has 9 heteroatoms. The summed E-state index contributed by atoms with van der Waals surface area (Å²) in [5.41, 5.74) is 4.35. The number of aromatic nitrogens is 3. The molecule has 182 valence electrons. The molecule has 1 saturated heterocycles. The lowest BCUT2D eigenvalue weighted by Gasteiger charge is -2.26. The third-order valence-electron chi connectivity index (χ3n) is 6.32. The number of nitrogens with zero attached hydrogens (tertiary/aromatic N) is 4. The van der Waals surface area contributed by atoms with Crippen molar-refractivity contribution in [3.63, 3.8) is 0 Å². The van der Waals surface area contributed by atoms with E-state index in [1.807, 2.05) is 43.3 Å². The summed E-state index contributed by atoms with van der Waals surface area (Å²) in [7, 11) is -3.56. The molecule has 0 aliphatic carbocycles. The smallest absolute Gasteiger partial charge is 0.240 e. The van der Waals surface area contributed by atoms with Crippen LogP contribution in [0.2, 0.25) is 0 Å². The number of benzene rings is 2. The Morgan fingerprint density at radius 3 is 2.46 bits per heavy atom. The van der Waals surface area contributed by atoms with Crippen LogP contribution in [0.5, 0.6) is 0 Å². The van der Waals surface area contributed by atoms with Gasteiger partial charge in [-0.2, -0.15) is 9.61 Å². The predicted octanol–water partition coefficient (Wildman–Crippen LogP) is 4.21. The van der Waals surface area contributed by atoms with Crippen molar-refractivity contribution in [1.82, 2.24) is 24.2 Å². The first-order valence-corrected chi connectivity index (χ1v) is 13.5. The minimum Gasteiger partial charge on any atom is -0.340 e. The maximum Gasteiger partial charge on any atom is 0.240 e. The fourth-order valence-corrected chi connectivity index (χ4v) is 5.41. The SMILES string of the molecule is Cc1cnn2c(Nc3ccc(S(=O)(=O)NCCN4CCCCC4)cc3)cc(-c3ccccc3)nc12. The Labute approximate surface area is 206 Å². The summed E-state index contributed by atoms with van der Waals surface area (Å²) in [5.74, 6) is 0.747. The third kappa shape index (κ3) is 5.37. The van der Waals surface area contributed by atoms with Crippen LogP contribution in [0.15, 0.2) is 71.8 Å². The molecule has 1 fully saturated rings. The standard InChI is InChI=1S/C26H30N6O2S/c1-20-19-27-32-25(18-24(30-26(20)32)21-8-4-2-5-9-21)29-22-10-12-23(13-11-22)35(33,34)28-14-17-31-15-6-3-7-16-31/h2,4-5,8-13,18-19,28-29H,3,6-7,14-17H2,1H3. The molecular weight excluding hydrogens is 460 g/mol. The molecular formula is C26H30N6O2S. The van der Waals surface area contributed by atoms with Crippen molar-refractivity contribution in [3.8, 4) is 11.3 Å². The summed E-state index contributed by atoms with van der Waals surface area (Å²) < 4.78 is 30.0. The second-order valence-electron chi connectivity index (χ2n) is 8.91. The number of rotatable bonds is 8. The van der Waals surface area contributed by atoms with Crippen molar-refractivity contribution in [2.45, 2.75) is 31.1 Å². The van der Waals surface area contributed by atoms with E-state index in [0.29, 0.717) is 6.54 Å². The zero-order valence-corrected chi connectivity index (χ0v) is 20.6. The summed E-state index contributed by atoms with van der Waals surface area (Å²) in [6.07, 6.45) is 5.43. The highest BCUT2D eigenvalue weighted by atomic mass is 32.2. The molecule has 2 N–H and O–H groups in total. The molecule has 35 heavy (non-hydrogen) atoms. The van der Waals surface area contributed by atoms with Gasteiger partial charge >= 0.3 is 0 Å². The van der Waals surface area contributed by atoms with Crippen LogP contribution in [0.1, 0.15) is 24.8 Å². The van der Waals surface area contributed by atoms with Gasteiger partial charge in [0.15, 0.2) is 5.65 Å². The summed E-state index contributed by atoms with van der Waals surface area (Å²) in [6, 6.07) is 18.7. The van der Waals surface area contributed by atoms with Gasteiger partial charge in [0.05, 0.1) is 16.8 Å². The number of hydrogen-bond donors (Lipinski definition) is 2. The molecule has 3 heterocycles. The number of likely N-dealkylation sites (tertiary alicyclic amines) is 1. The van der Waals surface area contributed by atoms with Crippen LogP contribution in [0.4, 0.5) is 11.5 Å². The average Bonchev–Trinajstić information content (AvgIpc) is 3.26. The molecule has 0 spiro atoms. The fourth-order valence-electron chi connectivity index (χ4n) is 4.39. The van der Waals surface area contributed by atoms with Gasteiger partial charge in [0.2, 0.25) is 10.0 Å². The number of anilines is 2. The molecule has 0 bridgehead atoms. The largest absolute Gasteiger partial charge is 0.340 e. The van der Waals surface area contributed by atoms with Gasteiger partial charge in [-0.25, -0.2) is 18.1 Å². The highest BCUT2D eigenvalue weighted by Crippen LogP contribution is 2.26. The first-order chi connectivity index (χ1) is 17.0. The van der Waals surface area contributed by atoms with Crippen LogP contribution in [0, 0.1) is 6.92 Å². The number of aryl methyl sites for hydroxylation is 1. The zero-order valence-electron chi connectivity index (χ0n) is 19.8. The number of nitrogens with one attached hydrogen (secondary N) is 2. The Balaban J connectivity index is 1.32. The van der Waals surface area contributed by atoms with Gasteiger partial charge in [-0.15, -0.1) is 0 Å². The van der Waals surface area contributed by atoms with Gasteiger partial charge in [-0.3, -0.25) is 0 Å². The lowest BCUT2D eigenvalue weighted by Crippen LogP contribution is -2.37. The van der Waals surface area contributed by atoms with Crippen LogP contribution in [0.25, 0.3) is 16.9 Å². The summed E-state index contributed by atoms with van der Waals surface area (Å²) in [5, 5.41) is 7.83. The second kappa shape index (κ2) is 10.2. The van der Waals surface area contributed by atoms with E-state index in [1.54, 1.807) is 35.0 Å². The van der Waals surface area contributed by atoms with Gasteiger partial charge < -0.3 is 10.2 Å². The summed E-state index contributed by atoms with van der Waals surface area (Å²) in [4.78, 5) is 7.35. The molecule has 0 radical (unpaired) electrons. The molecule has 4 aromatic rings. The highest BCUT2D eigenvalue weighted by molar-refractivity contribution is 7.89. The van der Waals surface area contributed by atoms with Gasteiger partial charge in [0.25, 0.3) is 0 Å². The predicted molar refractivity (Wildman–Crippen MR) is 138 cm³/mol. The second-order valence-corrected chi connectivity index (χ2v) is 10.7.